The molecule has 3 N–H and O–H groups in total. The van der Waals surface area contributed by atoms with Gasteiger partial charge >= 0.3 is 0 Å². The highest BCUT2D eigenvalue weighted by molar-refractivity contribution is 5.87. The van der Waals surface area contributed by atoms with E-state index in [-0.39, 0.29) is 5.95 Å². The van der Waals surface area contributed by atoms with Crippen LogP contribution < -0.4 is 25.4 Å². The van der Waals surface area contributed by atoms with Gasteiger partial charge in [-0.15, -0.1) is 0 Å². The van der Waals surface area contributed by atoms with Crippen molar-refractivity contribution >= 4 is 17.6 Å². The number of nitrogens with two attached hydrogens (primary N) is 1. The molecule has 0 atom stereocenters. The second kappa shape index (κ2) is 10.0. The Morgan fingerprint density at radius 2 is 1.77 bits per heavy atom. The number of likely N-dealkylation sites (tertiary alicyclic amines) is 1. The molecule has 0 amide bonds. The second-order valence-electron chi connectivity index (χ2n) is 8.19. The van der Waals surface area contributed by atoms with Crippen molar-refractivity contribution in [1.82, 2.24) is 14.9 Å². The monoisotopic (exact) mass is 426 g/mol. The smallest absolute Gasteiger partial charge is 0.223 e. The fourth-order valence-electron chi connectivity index (χ4n) is 4.49. The Labute approximate surface area is 184 Å². The largest absolute Gasteiger partial charge is 0.493 e. The molecule has 2 aromatic rings. The molecule has 8 heteroatoms. The average Bonchev–Trinajstić information content (AvgIpc) is 3.50. The van der Waals surface area contributed by atoms with Crippen LogP contribution in [0.15, 0.2) is 18.2 Å². The van der Waals surface area contributed by atoms with Crippen molar-refractivity contribution in [1.29, 1.82) is 0 Å². The third-order valence-electron chi connectivity index (χ3n) is 6.08. The van der Waals surface area contributed by atoms with E-state index in [0.717, 1.165) is 73.2 Å². The first-order valence-corrected chi connectivity index (χ1v) is 11.3. The number of aromatic nitrogens is 2. The minimum Gasteiger partial charge on any atom is -0.493 e. The van der Waals surface area contributed by atoms with Crippen molar-refractivity contribution in [3.63, 3.8) is 0 Å². The Morgan fingerprint density at radius 3 is 2.48 bits per heavy atom. The van der Waals surface area contributed by atoms with Crippen molar-refractivity contribution in [2.24, 2.45) is 0 Å². The van der Waals surface area contributed by atoms with E-state index in [4.69, 9.17) is 15.2 Å². The maximum atomic E-state index is 6.16. The van der Waals surface area contributed by atoms with E-state index in [9.17, 15) is 0 Å². The summed E-state index contributed by atoms with van der Waals surface area (Å²) in [5, 5.41) is 3.20. The first kappa shape index (κ1) is 21.5. The predicted molar refractivity (Wildman–Crippen MR) is 125 cm³/mol. The zero-order valence-corrected chi connectivity index (χ0v) is 18.7. The molecule has 168 valence electrons. The minimum absolute atomic E-state index is 0.280. The van der Waals surface area contributed by atoms with Gasteiger partial charge in [0.2, 0.25) is 5.95 Å². The van der Waals surface area contributed by atoms with Crippen LogP contribution in [-0.2, 0) is 0 Å². The van der Waals surface area contributed by atoms with Crippen molar-refractivity contribution < 1.29 is 9.47 Å². The number of rotatable bonds is 9. The summed E-state index contributed by atoms with van der Waals surface area (Å²) in [7, 11) is 3.53. The Bertz CT molecular complexity index is 879. The van der Waals surface area contributed by atoms with E-state index in [0.29, 0.717) is 6.61 Å². The summed E-state index contributed by atoms with van der Waals surface area (Å²) in [6, 6.07) is 6.02. The van der Waals surface area contributed by atoms with Gasteiger partial charge in [0, 0.05) is 26.7 Å². The quantitative estimate of drug-likeness (QED) is 0.591. The lowest BCUT2D eigenvalue weighted by Crippen LogP contribution is -2.22. The molecular weight excluding hydrogens is 392 g/mol. The molecule has 1 aromatic heterocycles. The Balaban J connectivity index is 1.59. The van der Waals surface area contributed by atoms with Crippen LogP contribution in [0, 0.1) is 0 Å². The van der Waals surface area contributed by atoms with Crippen LogP contribution in [0.25, 0.3) is 11.1 Å². The average molecular weight is 427 g/mol. The molecule has 2 aliphatic rings. The summed E-state index contributed by atoms with van der Waals surface area (Å²) >= 11 is 0. The summed E-state index contributed by atoms with van der Waals surface area (Å²) in [5.41, 5.74) is 7.96. The van der Waals surface area contributed by atoms with E-state index >= 15 is 0 Å². The first-order chi connectivity index (χ1) is 15.2. The summed E-state index contributed by atoms with van der Waals surface area (Å²) in [6.45, 7) is 6.11. The second-order valence-corrected chi connectivity index (χ2v) is 8.19. The molecule has 2 saturated heterocycles. The Kier molecular flexibility index (Phi) is 6.96. The van der Waals surface area contributed by atoms with Crippen molar-refractivity contribution in [2.75, 3.05) is 69.4 Å². The summed E-state index contributed by atoms with van der Waals surface area (Å²) < 4.78 is 11.7. The van der Waals surface area contributed by atoms with Gasteiger partial charge in [-0.3, -0.25) is 0 Å². The zero-order chi connectivity index (χ0) is 21.6. The van der Waals surface area contributed by atoms with Crippen molar-refractivity contribution in [3.8, 4) is 22.6 Å². The summed E-state index contributed by atoms with van der Waals surface area (Å²) in [4.78, 5) is 13.8. The maximum absolute atomic E-state index is 6.16. The fraction of sp³-hybridized carbons (Fsp3) is 0.565. The lowest BCUT2D eigenvalue weighted by atomic mass is 10.1. The van der Waals surface area contributed by atoms with Crippen molar-refractivity contribution in [2.45, 2.75) is 32.1 Å². The number of nitrogens with one attached hydrogen (secondary N) is 1. The number of anilines is 3. The van der Waals surface area contributed by atoms with Crippen LogP contribution in [0.3, 0.4) is 0 Å². The summed E-state index contributed by atoms with van der Waals surface area (Å²) in [6.07, 6.45) is 5.94. The standard InChI is InChI=1S/C23H34N6O2/c1-25-21-20(22(27-23(24)26-21)29-13-5-6-14-29)17-8-9-18(30-2)19(16-17)31-15-7-12-28-10-3-4-11-28/h8-9,16H,3-7,10-15H2,1-2H3,(H3,24,25,26,27). The van der Waals surface area contributed by atoms with E-state index in [2.05, 4.69) is 25.1 Å². The Morgan fingerprint density at radius 1 is 1.03 bits per heavy atom. The van der Waals surface area contributed by atoms with Gasteiger partial charge in [-0.25, -0.2) is 0 Å². The normalized spacial score (nSPS) is 16.6. The topological polar surface area (TPSA) is 88.8 Å². The molecule has 1 aromatic carbocycles. The van der Waals surface area contributed by atoms with Gasteiger partial charge in [0.25, 0.3) is 0 Å². The number of nitrogens with zero attached hydrogens (tertiary/aromatic N) is 4. The molecule has 4 rings (SSSR count). The molecule has 0 bridgehead atoms. The van der Waals surface area contributed by atoms with Crippen LogP contribution in [0.4, 0.5) is 17.6 Å². The third-order valence-corrected chi connectivity index (χ3v) is 6.08. The fourth-order valence-corrected chi connectivity index (χ4v) is 4.49. The molecule has 0 spiro atoms. The SMILES string of the molecule is CNc1nc(N)nc(N2CCCC2)c1-c1ccc(OC)c(OCCCN2CCCC2)c1. The van der Waals surface area contributed by atoms with Gasteiger partial charge < -0.3 is 30.3 Å². The number of hydrogen-bond acceptors (Lipinski definition) is 8. The highest BCUT2D eigenvalue weighted by atomic mass is 16.5. The number of hydrogen-bond donors (Lipinski definition) is 2. The molecular formula is C23H34N6O2. The highest BCUT2D eigenvalue weighted by Crippen LogP contribution is 2.40. The third kappa shape index (κ3) is 4.95. The number of ether oxygens (including phenoxy) is 2. The number of benzene rings is 1. The van der Waals surface area contributed by atoms with Crippen molar-refractivity contribution in [3.05, 3.63) is 18.2 Å². The number of nitrogen functional groups attached to an aromatic ring is 1. The van der Waals surface area contributed by atoms with Gasteiger partial charge in [-0.2, -0.15) is 9.97 Å². The number of methoxy groups -OCH3 is 1. The lowest BCUT2D eigenvalue weighted by Gasteiger charge is -2.23. The van der Waals surface area contributed by atoms with Gasteiger partial charge in [0.15, 0.2) is 11.5 Å². The van der Waals surface area contributed by atoms with Gasteiger partial charge in [-0.05, 0) is 62.9 Å². The van der Waals surface area contributed by atoms with Gasteiger partial charge in [0.05, 0.1) is 19.3 Å². The minimum atomic E-state index is 0.280. The predicted octanol–water partition coefficient (Wildman–Crippen LogP) is 3.24. The maximum Gasteiger partial charge on any atom is 0.223 e. The molecule has 8 nitrogen and oxygen atoms in total. The molecule has 2 fully saturated rings. The first-order valence-electron chi connectivity index (χ1n) is 11.3. The van der Waals surface area contributed by atoms with E-state index in [1.54, 1.807) is 7.11 Å². The van der Waals surface area contributed by atoms with Crippen LogP contribution >= 0.6 is 0 Å². The van der Waals surface area contributed by atoms with Gasteiger partial charge in [0.1, 0.15) is 11.6 Å². The van der Waals surface area contributed by atoms with Gasteiger partial charge in [-0.1, -0.05) is 6.07 Å². The molecule has 0 saturated carbocycles. The van der Waals surface area contributed by atoms with Crippen LogP contribution in [-0.4, -0.2) is 68.4 Å². The lowest BCUT2D eigenvalue weighted by molar-refractivity contribution is 0.254. The highest BCUT2D eigenvalue weighted by Gasteiger charge is 2.23. The molecule has 31 heavy (non-hydrogen) atoms. The summed E-state index contributed by atoms with van der Waals surface area (Å²) in [5.74, 6) is 3.35. The van der Waals surface area contributed by atoms with E-state index < -0.39 is 0 Å². The molecule has 0 radical (unpaired) electrons. The molecule has 2 aliphatic heterocycles. The van der Waals surface area contributed by atoms with Crippen LogP contribution in [0.5, 0.6) is 11.5 Å². The zero-order valence-electron chi connectivity index (χ0n) is 18.7. The van der Waals surface area contributed by atoms with E-state index in [1.165, 1.54) is 25.9 Å². The molecule has 0 aliphatic carbocycles. The van der Waals surface area contributed by atoms with Crippen LogP contribution in [0.1, 0.15) is 32.1 Å². The Hall–Kier alpha value is -2.74. The van der Waals surface area contributed by atoms with Crippen LogP contribution in [0.2, 0.25) is 0 Å². The molecule has 0 unspecified atom stereocenters. The van der Waals surface area contributed by atoms with E-state index in [1.807, 2.05) is 25.2 Å². The molecule has 3 heterocycles.